The van der Waals surface area contributed by atoms with Gasteiger partial charge in [-0.15, -0.1) is 0 Å². The highest BCUT2D eigenvalue weighted by Crippen LogP contribution is 2.35. The van der Waals surface area contributed by atoms with E-state index < -0.39 is 0 Å². The number of fused-ring (bicyclic) bond motifs is 1. The van der Waals surface area contributed by atoms with Crippen LogP contribution in [0.2, 0.25) is 0 Å². The molecule has 1 aromatic heterocycles. The zero-order valence-corrected chi connectivity index (χ0v) is 13.0. The summed E-state index contributed by atoms with van der Waals surface area (Å²) in [6.45, 7) is 2.12. The van der Waals surface area contributed by atoms with Crippen molar-refractivity contribution in [2.24, 2.45) is 0 Å². The van der Waals surface area contributed by atoms with Gasteiger partial charge in [0, 0.05) is 10.9 Å². The molecule has 0 N–H and O–H groups in total. The predicted octanol–water partition coefficient (Wildman–Crippen LogP) is 5.87. The Bertz CT molecular complexity index is 813. The number of nitrogens with zero attached hydrogens (tertiary/aromatic N) is 1. The second kappa shape index (κ2) is 5.57. The molecule has 110 valence electrons. The highest BCUT2D eigenvalue weighted by molar-refractivity contribution is 5.82. The van der Waals surface area contributed by atoms with Crippen LogP contribution in [0.5, 0.6) is 0 Å². The molecule has 0 spiro atoms. The van der Waals surface area contributed by atoms with Gasteiger partial charge in [0.25, 0.3) is 0 Å². The largest absolute Gasteiger partial charge is 0.248 e. The fourth-order valence-electron chi connectivity index (χ4n) is 3.62. The van der Waals surface area contributed by atoms with Crippen molar-refractivity contribution in [3.8, 4) is 11.3 Å². The first-order valence-electron chi connectivity index (χ1n) is 8.27. The summed E-state index contributed by atoms with van der Waals surface area (Å²) < 4.78 is 0. The second-order valence-electron chi connectivity index (χ2n) is 6.50. The van der Waals surface area contributed by atoms with Crippen molar-refractivity contribution in [2.45, 2.75) is 38.5 Å². The average molecular weight is 287 g/mol. The van der Waals surface area contributed by atoms with E-state index in [2.05, 4.69) is 61.5 Å². The molecule has 1 fully saturated rings. The summed E-state index contributed by atoms with van der Waals surface area (Å²) >= 11 is 0. The van der Waals surface area contributed by atoms with E-state index in [0.29, 0.717) is 0 Å². The average Bonchev–Trinajstić information content (AvgIpc) is 3.08. The van der Waals surface area contributed by atoms with E-state index >= 15 is 0 Å². The Kier molecular flexibility index (Phi) is 3.42. The molecule has 0 unspecified atom stereocenters. The van der Waals surface area contributed by atoms with E-state index in [1.807, 2.05) is 0 Å². The van der Waals surface area contributed by atoms with Gasteiger partial charge in [-0.05, 0) is 55.5 Å². The summed E-state index contributed by atoms with van der Waals surface area (Å²) in [5.41, 5.74) is 6.12. The van der Waals surface area contributed by atoms with Gasteiger partial charge in [0.1, 0.15) is 0 Å². The third kappa shape index (κ3) is 2.52. The Balaban J connectivity index is 1.74. The van der Waals surface area contributed by atoms with Crippen molar-refractivity contribution in [3.05, 3.63) is 65.7 Å². The molecule has 1 nitrogen and oxygen atoms in total. The van der Waals surface area contributed by atoms with Gasteiger partial charge in [0.15, 0.2) is 0 Å². The number of rotatable bonds is 2. The molecular formula is C21H21N. The first kappa shape index (κ1) is 13.5. The summed E-state index contributed by atoms with van der Waals surface area (Å²) in [7, 11) is 0. The Morgan fingerprint density at radius 2 is 1.77 bits per heavy atom. The van der Waals surface area contributed by atoms with Crippen molar-refractivity contribution in [2.75, 3.05) is 0 Å². The third-order valence-electron chi connectivity index (χ3n) is 4.85. The van der Waals surface area contributed by atoms with Crippen LogP contribution in [0.1, 0.15) is 42.7 Å². The minimum atomic E-state index is 0.765. The topological polar surface area (TPSA) is 12.9 Å². The molecule has 0 radical (unpaired) electrons. The van der Waals surface area contributed by atoms with Gasteiger partial charge < -0.3 is 0 Å². The maximum absolute atomic E-state index is 4.85. The van der Waals surface area contributed by atoms with Crippen LogP contribution in [0, 0.1) is 6.92 Å². The van der Waals surface area contributed by atoms with Gasteiger partial charge in [-0.25, -0.2) is 4.98 Å². The lowest BCUT2D eigenvalue weighted by atomic mass is 9.96. The second-order valence-corrected chi connectivity index (χ2v) is 6.50. The summed E-state index contributed by atoms with van der Waals surface area (Å²) in [5.74, 6) is 0.765. The fourth-order valence-corrected chi connectivity index (χ4v) is 3.62. The zero-order chi connectivity index (χ0) is 14.9. The molecule has 0 saturated heterocycles. The molecule has 1 aliphatic carbocycles. The predicted molar refractivity (Wildman–Crippen MR) is 93.1 cm³/mol. The number of hydrogen-bond donors (Lipinski definition) is 0. The van der Waals surface area contributed by atoms with Crippen molar-refractivity contribution >= 4 is 10.9 Å². The van der Waals surface area contributed by atoms with Crippen LogP contribution < -0.4 is 0 Å². The molecule has 1 aliphatic rings. The normalized spacial score (nSPS) is 15.5. The number of aromatic nitrogens is 1. The Morgan fingerprint density at radius 1 is 0.909 bits per heavy atom. The van der Waals surface area contributed by atoms with Crippen LogP contribution in [-0.4, -0.2) is 4.98 Å². The molecular weight excluding hydrogens is 266 g/mol. The van der Waals surface area contributed by atoms with Gasteiger partial charge in [0.2, 0.25) is 0 Å². The van der Waals surface area contributed by atoms with Crippen LogP contribution in [0.4, 0.5) is 0 Å². The third-order valence-corrected chi connectivity index (χ3v) is 4.85. The van der Waals surface area contributed by atoms with Crippen molar-refractivity contribution in [3.63, 3.8) is 0 Å². The molecule has 1 heteroatoms. The quantitative estimate of drug-likeness (QED) is 0.574. The van der Waals surface area contributed by atoms with Crippen molar-refractivity contribution in [1.82, 2.24) is 4.98 Å². The monoisotopic (exact) mass is 287 g/mol. The molecule has 22 heavy (non-hydrogen) atoms. The van der Waals surface area contributed by atoms with Gasteiger partial charge in [-0.2, -0.15) is 0 Å². The lowest BCUT2D eigenvalue weighted by molar-refractivity contribution is 0.724. The SMILES string of the molecule is Cc1cccc(-c2ccc3cc(C4CCCC4)ccc3n2)c1. The van der Waals surface area contributed by atoms with Gasteiger partial charge in [0.05, 0.1) is 11.2 Å². The van der Waals surface area contributed by atoms with E-state index in [1.165, 1.54) is 47.8 Å². The van der Waals surface area contributed by atoms with E-state index in [0.717, 1.165) is 17.1 Å². The maximum atomic E-state index is 4.85. The standard InChI is InChI=1S/C21H21N/c1-15-5-4-8-18(13-15)20-12-10-19-14-17(9-11-21(19)22-20)16-6-2-3-7-16/h4-5,8-14,16H,2-3,6-7H2,1H3. The number of benzene rings is 2. The number of hydrogen-bond acceptors (Lipinski definition) is 1. The lowest BCUT2D eigenvalue weighted by Crippen LogP contribution is -1.93. The van der Waals surface area contributed by atoms with Gasteiger partial charge in [-0.3, -0.25) is 0 Å². The highest BCUT2D eigenvalue weighted by Gasteiger charge is 2.17. The van der Waals surface area contributed by atoms with Gasteiger partial charge >= 0.3 is 0 Å². The highest BCUT2D eigenvalue weighted by atomic mass is 14.7. The van der Waals surface area contributed by atoms with Crippen LogP contribution in [-0.2, 0) is 0 Å². The smallest absolute Gasteiger partial charge is 0.0709 e. The minimum absolute atomic E-state index is 0.765. The molecule has 4 rings (SSSR count). The zero-order valence-electron chi connectivity index (χ0n) is 13.0. The molecule has 1 saturated carbocycles. The van der Waals surface area contributed by atoms with E-state index in [-0.39, 0.29) is 0 Å². The molecule has 0 aliphatic heterocycles. The van der Waals surface area contributed by atoms with Crippen LogP contribution in [0.15, 0.2) is 54.6 Å². The van der Waals surface area contributed by atoms with Crippen LogP contribution in [0.3, 0.4) is 0 Å². The molecule has 2 aromatic carbocycles. The Labute approximate surface area is 132 Å². The first-order chi connectivity index (χ1) is 10.8. The number of pyridine rings is 1. The van der Waals surface area contributed by atoms with Gasteiger partial charge in [-0.1, -0.05) is 48.7 Å². The molecule has 1 heterocycles. The summed E-state index contributed by atoms with van der Waals surface area (Å²) in [4.78, 5) is 4.85. The van der Waals surface area contributed by atoms with Crippen molar-refractivity contribution in [1.29, 1.82) is 0 Å². The molecule has 0 atom stereocenters. The maximum Gasteiger partial charge on any atom is 0.0709 e. The molecule has 0 bridgehead atoms. The van der Waals surface area contributed by atoms with E-state index in [1.54, 1.807) is 0 Å². The summed E-state index contributed by atoms with van der Waals surface area (Å²) in [6, 6.07) is 19.7. The minimum Gasteiger partial charge on any atom is -0.248 e. The van der Waals surface area contributed by atoms with E-state index in [9.17, 15) is 0 Å². The van der Waals surface area contributed by atoms with Crippen LogP contribution >= 0.6 is 0 Å². The summed E-state index contributed by atoms with van der Waals surface area (Å²) in [5, 5.41) is 1.26. The molecule has 3 aromatic rings. The lowest BCUT2D eigenvalue weighted by Gasteiger charge is -2.11. The Morgan fingerprint density at radius 3 is 2.59 bits per heavy atom. The summed E-state index contributed by atoms with van der Waals surface area (Å²) in [6.07, 6.45) is 5.46. The molecule has 0 amide bonds. The van der Waals surface area contributed by atoms with Crippen molar-refractivity contribution < 1.29 is 0 Å². The van der Waals surface area contributed by atoms with Crippen LogP contribution in [0.25, 0.3) is 22.2 Å². The van der Waals surface area contributed by atoms with E-state index in [4.69, 9.17) is 4.98 Å². The first-order valence-corrected chi connectivity index (χ1v) is 8.27. The number of aryl methyl sites for hydroxylation is 1. The Hall–Kier alpha value is -2.15. The fraction of sp³-hybridized carbons (Fsp3) is 0.286.